The molecule has 0 amide bonds. The molecular formula is C39H41ClN6O4. The predicted octanol–water partition coefficient (Wildman–Crippen LogP) is 6.85. The van der Waals surface area contributed by atoms with Crippen molar-refractivity contribution in [3.8, 4) is 0 Å². The largest absolute Gasteiger partial charge is 0.480 e. The molecule has 2 aromatic carbocycles. The number of aliphatic hydroxyl groups is 1. The van der Waals surface area contributed by atoms with Crippen LogP contribution in [0.1, 0.15) is 54.3 Å². The Bertz CT molecular complexity index is 2110. The lowest BCUT2D eigenvalue weighted by molar-refractivity contribution is -0.144. The Morgan fingerprint density at radius 1 is 1.14 bits per heavy atom. The third-order valence-electron chi connectivity index (χ3n) is 9.98. The zero-order valence-corrected chi connectivity index (χ0v) is 29.0. The first-order chi connectivity index (χ1) is 24.3. The first-order valence-corrected chi connectivity index (χ1v) is 17.5. The average molecular weight is 693 g/mol. The van der Waals surface area contributed by atoms with Gasteiger partial charge in [0.25, 0.3) is 0 Å². The van der Waals surface area contributed by atoms with Crippen LogP contribution in [0.5, 0.6) is 0 Å². The molecule has 10 nitrogen and oxygen atoms in total. The lowest BCUT2D eigenvalue weighted by Gasteiger charge is -2.39. The molecule has 1 aliphatic heterocycles. The maximum atomic E-state index is 12.0. The van der Waals surface area contributed by atoms with Crippen LogP contribution in [-0.4, -0.2) is 61.8 Å². The van der Waals surface area contributed by atoms with Gasteiger partial charge >= 0.3 is 5.97 Å². The number of aromatic nitrogens is 3. The SMILES string of the molecule is Cc1ccccc1C1=CC=CC(Nc2nccc3cc(CNCCO)cnc23)(c2nc3cc(CN4CCCC[C@H]4C(=O)O)cc(Cl)c3o2)C1C. The predicted molar refractivity (Wildman–Crippen MR) is 196 cm³/mol. The molecule has 11 heteroatoms. The number of nitrogens with one attached hydrogen (secondary N) is 2. The number of carboxylic acids is 1. The van der Waals surface area contributed by atoms with Gasteiger partial charge in [0.15, 0.2) is 11.4 Å². The summed E-state index contributed by atoms with van der Waals surface area (Å²) >= 11 is 6.90. The number of aliphatic carboxylic acids is 1. The molecule has 0 saturated carbocycles. The van der Waals surface area contributed by atoms with Crippen molar-refractivity contribution in [2.75, 3.05) is 25.0 Å². The maximum Gasteiger partial charge on any atom is 0.320 e. The molecule has 1 fully saturated rings. The highest BCUT2D eigenvalue weighted by Gasteiger charge is 2.45. The Hall–Kier alpha value is -4.61. The molecule has 258 valence electrons. The number of fused-ring (bicyclic) bond motifs is 2. The molecule has 3 atom stereocenters. The van der Waals surface area contributed by atoms with E-state index in [-0.39, 0.29) is 12.5 Å². The lowest BCUT2D eigenvalue weighted by atomic mass is 9.73. The van der Waals surface area contributed by atoms with E-state index in [1.165, 1.54) is 0 Å². The Labute approximate surface area is 295 Å². The number of aliphatic hydroxyl groups excluding tert-OH is 1. The van der Waals surface area contributed by atoms with Crippen molar-refractivity contribution in [2.24, 2.45) is 5.92 Å². The van der Waals surface area contributed by atoms with E-state index in [0.29, 0.717) is 65.9 Å². The van der Waals surface area contributed by atoms with Crippen molar-refractivity contribution < 1.29 is 19.4 Å². The molecule has 1 aliphatic carbocycles. The Balaban J connectivity index is 1.31. The van der Waals surface area contributed by atoms with Crippen LogP contribution < -0.4 is 10.6 Å². The fourth-order valence-electron chi connectivity index (χ4n) is 7.33. The van der Waals surface area contributed by atoms with Crippen molar-refractivity contribution in [3.05, 3.63) is 112 Å². The van der Waals surface area contributed by atoms with Gasteiger partial charge in [-0.3, -0.25) is 14.7 Å². The highest BCUT2D eigenvalue weighted by atomic mass is 35.5. The van der Waals surface area contributed by atoms with Crippen molar-refractivity contribution in [2.45, 2.75) is 57.8 Å². The van der Waals surface area contributed by atoms with Crippen molar-refractivity contribution in [1.29, 1.82) is 0 Å². The molecule has 3 aromatic heterocycles. The minimum absolute atomic E-state index is 0.0672. The number of oxazole rings is 1. The standard InChI is InChI=1S/C39H41ClN6O4/c1-24-8-3-4-9-29(24)30-10-7-13-39(25(30)2,45-36-34-28(12-14-42-36)18-27(22-43-34)21-41-15-17-47)38-44-32-20-26(19-31(40)35(32)50-38)23-46-16-6-5-11-33(46)37(48)49/h3-4,7-10,12-14,18-20,22,25,33,41,47H,5-6,11,15-17,21,23H2,1-2H3,(H,42,45)(H,48,49)/t25?,33-,39?/m0/s1. The molecule has 2 aliphatic rings. The van der Waals surface area contributed by atoms with Crippen LogP contribution in [0.2, 0.25) is 5.02 Å². The van der Waals surface area contributed by atoms with E-state index in [0.717, 1.165) is 46.1 Å². The summed E-state index contributed by atoms with van der Waals surface area (Å²) in [5, 5.41) is 27.3. The fraction of sp³-hybridized carbons (Fsp3) is 0.333. The number of halogens is 1. The zero-order chi connectivity index (χ0) is 34.8. The van der Waals surface area contributed by atoms with Gasteiger partial charge in [0.05, 0.1) is 11.6 Å². The number of rotatable bonds is 11. The monoisotopic (exact) mass is 692 g/mol. The van der Waals surface area contributed by atoms with E-state index < -0.39 is 17.6 Å². The number of allylic oxidation sites excluding steroid dienone is 2. The number of benzene rings is 2. The number of anilines is 1. The van der Waals surface area contributed by atoms with Gasteiger partial charge in [-0.2, -0.15) is 0 Å². The minimum atomic E-state index is -0.986. The number of piperidine rings is 1. The van der Waals surface area contributed by atoms with Crippen LogP contribution >= 0.6 is 11.6 Å². The van der Waals surface area contributed by atoms with Gasteiger partial charge in [0.1, 0.15) is 22.6 Å². The summed E-state index contributed by atoms with van der Waals surface area (Å²) in [6.07, 6.45) is 12.3. The molecule has 0 bridgehead atoms. The second kappa shape index (κ2) is 14.3. The number of carboxylic acid groups (broad SMARTS) is 1. The third-order valence-corrected chi connectivity index (χ3v) is 10.3. The summed E-state index contributed by atoms with van der Waals surface area (Å²) in [5.41, 5.74) is 6.07. The Morgan fingerprint density at radius 3 is 2.82 bits per heavy atom. The lowest BCUT2D eigenvalue weighted by Crippen LogP contribution is -2.43. The number of hydrogen-bond donors (Lipinski definition) is 4. The molecule has 0 radical (unpaired) electrons. The number of nitrogens with zero attached hydrogens (tertiary/aromatic N) is 4. The van der Waals surface area contributed by atoms with Crippen molar-refractivity contribution >= 4 is 51.0 Å². The van der Waals surface area contributed by atoms with E-state index in [1.807, 2.05) is 47.5 Å². The number of aryl methyl sites for hydroxylation is 1. The number of carbonyl (C=O) groups is 1. The highest BCUT2D eigenvalue weighted by molar-refractivity contribution is 6.34. The molecular weight excluding hydrogens is 652 g/mol. The van der Waals surface area contributed by atoms with Gasteiger partial charge in [0.2, 0.25) is 5.89 Å². The number of likely N-dealkylation sites (tertiary alicyclic amines) is 1. The van der Waals surface area contributed by atoms with E-state index in [1.54, 1.807) is 6.20 Å². The molecule has 0 spiro atoms. The highest BCUT2D eigenvalue weighted by Crippen LogP contribution is 2.46. The van der Waals surface area contributed by atoms with Crippen molar-refractivity contribution in [3.63, 3.8) is 0 Å². The first-order valence-electron chi connectivity index (χ1n) is 17.1. The summed E-state index contributed by atoms with van der Waals surface area (Å²) in [7, 11) is 0. The minimum Gasteiger partial charge on any atom is -0.480 e. The summed E-state index contributed by atoms with van der Waals surface area (Å²) in [5.74, 6) is 0.0390. The van der Waals surface area contributed by atoms with Crippen LogP contribution in [-0.2, 0) is 23.4 Å². The number of hydrogen-bond acceptors (Lipinski definition) is 9. The second-order valence-electron chi connectivity index (χ2n) is 13.3. The summed E-state index contributed by atoms with van der Waals surface area (Å²) in [6, 6.07) is 15.6. The second-order valence-corrected chi connectivity index (χ2v) is 13.7. The summed E-state index contributed by atoms with van der Waals surface area (Å²) in [4.78, 5) is 28.7. The van der Waals surface area contributed by atoms with Gasteiger partial charge in [0, 0.05) is 43.3 Å². The van der Waals surface area contributed by atoms with Crippen LogP contribution in [0.15, 0.2) is 83.6 Å². The average Bonchev–Trinajstić information content (AvgIpc) is 3.55. The van der Waals surface area contributed by atoms with Gasteiger partial charge in [-0.25, -0.2) is 9.97 Å². The molecule has 4 heterocycles. The van der Waals surface area contributed by atoms with Crippen LogP contribution in [0.25, 0.3) is 27.6 Å². The summed E-state index contributed by atoms with van der Waals surface area (Å²) < 4.78 is 6.62. The first kappa shape index (κ1) is 33.9. The van der Waals surface area contributed by atoms with Crippen LogP contribution in [0.3, 0.4) is 0 Å². The molecule has 7 rings (SSSR count). The van der Waals surface area contributed by atoms with Crippen molar-refractivity contribution in [1.82, 2.24) is 25.2 Å². The molecule has 4 N–H and O–H groups in total. The van der Waals surface area contributed by atoms with Crippen LogP contribution in [0, 0.1) is 12.8 Å². The quantitative estimate of drug-likeness (QED) is 0.109. The smallest absolute Gasteiger partial charge is 0.320 e. The Morgan fingerprint density at radius 2 is 2.00 bits per heavy atom. The van der Waals surface area contributed by atoms with Gasteiger partial charge in [-0.05, 0) is 84.5 Å². The molecule has 5 aromatic rings. The third kappa shape index (κ3) is 6.52. The molecule has 1 saturated heterocycles. The summed E-state index contributed by atoms with van der Waals surface area (Å²) in [6.45, 7) is 6.59. The Kier molecular flexibility index (Phi) is 9.70. The molecule has 50 heavy (non-hydrogen) atoms. The topological polar surface area (TPSA) is 137 Å². The molecule has 2 unspecified atom stereocenters. The normalized spacial score (nSPS) is 21.1. The van der Waals surface area contributed by atoms with E-state index in [4.69, 9.17) is 31.0 Å². The van der Waals surface area contributed by atoms with Gasteiger partial charge in [-0.1, -0.05) is 61.4 Å². The van der Waals surface area contributed by atoms with Gasteiger partial charge < -0.3 is 25.3 Å². The maximum absolute atomic E-state index is 12.0. The van der Waals surface area contributed by atoms with Gasteiger partial charge in [-0.15, -0.1) is 0 Å². The van der Waals surface area contributed by atoms with E-state index >= 15 is 0 Å². The van der Waals surface area contributed by atoms with Crippen LogP contribution in [0.4, 0.5) is 5.82 Å². The van der Waals surface area contributed by atoms with E-state index in [9.17, 15) is 15.0 Å². The fourth-order valence-corrected chi connectivity index (χ4v) is 7.60. The van der Waals surface area contributed by atoms with E-state index in [2.05, 4.69) is 54.8 Å². The zero-order valence-electron chi connectivity index (χ0n) is 28.2. The number of pyridine rings is 2.